The zero-order chi connectivity index (χ0) is 14.4. The van der Waals surface area contributed by atoms with Crippen molar-refractivity contribution < 1.29 is 9.53 Å². The monoisotopic (exact) mass is 264 g/mol. The Labute approximate surface area is 115 Å². The van der Waals surface area contributed by atoms with Gasteiger partial charge in [-0.25, -0.2) is 0 Å². The first-order valence-corrected chi connectivity index (χ1v) is 6.57. The summed E-state index contributed by atoms with van der Waals surface area (Å²) in [4.78, 5) is 13.5. The highest BCUT2D eigenvalue weighted by Crippen LogP contribution is 2.15. The summed E-state index contributed by atoms with van der Waals surface area (Å²) in [7, 11) is 3.57. The number of nitrogens with zero attached hydrogens (tertiary/aromatic N) is 1. The molecular weight excluding hydrogens is 240 g/mol. The molecule has 0 saturated heterocycles. The number of carbonyl (C=O) groups excluding carboxylic acids is 1. The molecule has 0 radical (unpaired) electrons. The average molecular weight is 264 g/mol. The zero-order valence-corrected chi connectivity index (χ0v) is 12.5. The van der Waals surface area contributed by atoms with Crippen LogP contribution < -0.4 is 10.1 Å². The van der Waals surface area contributed by atoms with E-state index in [0.29, 0.717) is 13.2 Å². The van der Waals surface area contributed by atoms with Crippen LogP contribution in [-0.4, -0.2) is 44.1 Å². The van der Waals surface area contributed by atoms with Gasteiger partial charge in [0.05, 0.1) is 12.6 Å². The number of carbonyl (C=O) groups is 1. The SMILES string of the molecule is CNC(C)C(=O)N(C)CCOc1cc(C)cc(C)c1. The van der Waals surface area contributed by atoms with Crippen molar-refractivity contribution in [2.24, 2.45) is 0 Å². The molecule has 1 rings (SSSR count). The van der Waals surface area contributed by atoms with E-state index in [9.17, 15) is 4.79 Å². The predicted molar refractivity (Wildman–Crippen MR) is 77.6 cm³/mol. The lowest BCUT2D eigenvalue weighted by Gasteiger charge is -2.21. The Hall–Kier alpha value is -1.55. The highest BCUT2D eigenvalue weighted by molar-refractivity contribution is 5.81. The first kappa shape index (κ1) is 15.5. The fraction of sp³-hybridized carbons (Fsp3) is 0.533. The van der Waals surface area contributed by atoms with Crippen LogP contribution in [0.1, 0.15) is 18.1 Å². The van der Waals surface area contributed by atoms with Gasteiger partial charge < -0.3 is 15.0 Å². The van der Waals surface area contributed by atoms with Crippen LogP contribution in [0.15, 0.2) is 18.2 Å². The largest absolute Gasteiger partial charge is 0.492 e. The van der Waals surface area contributed by atoms with Crippen LogP contribution in [0.4, 0.5) is 0 Å². The lowest BCUT2D eigenvalue weighted by Crippen LogP contribution is -2.43. The molecule has 4 heteroatoms. The van der Waals surface area contributed by atoms with Crippen LogP contribution in [0.2, 0.25) is 0 Å². The van der Waals surface area contributed by atoms with E-state index in [2.05, 4.69) is 11.4 Å². The van der Waals surface area contributed by atoms with Crippen LogP contribution in [0.3, 0.4) is 0 Å². The highest BCUT2D eigenvalue weighted by atomic mass is 16.5. The summed E-state index contributed by atoms with van der Waals surface area (Å²) < 4.78 is 5.69. The smallest absolute Gasteiger partial charge is 0.239 e. The Balaban J connectivity index is 2.43. The number of amides is 1. The molecule has 106 valence electrons. The number of ether oxygens (including phenoxy) is 1. The third kappa shape index (κ3) is 4.91. The van der Waals surface area contributed by atoms with Gasteiger partial charge in [-0.2, -0.15) is 0 Å². The van der Waals surface area contributed by atoms with E-state index in [-0.39, 0.29) is 11.9 Å². The summed E-state index contributed by atoms with van der Waals surface area (Å²) in [5.74, 6) is 0.937. The molecule has 1 unspecified atom stereocenters. The normalized spacial score (nSPS) is 12.1. The van der Waals surface area contributed by atoms with Crippen molar-refractivity contribution in [2.75, 3.05) is 27.2 Å². The van der Waals surface area contributed by atoms with Crippen LogP contribution in [-0.2, 0) is 4.79 Å². The maximum absolute atomic E-state index is 11.8. The lowest BCUT2D eigenvalue weighted by atomic mass is 10.1. The minimum absolute atomic E-state index is 0.0755. The minimum Gasteiger partial charge on any atom is -0.492 e. The molecular formula is C15H24N2O2. The molecule has 1 aromatic carbocycles. The number of nitrogens with one attached hydrogen (secondary N) is 1. The van der Waals surface area contributed by atoms with Crippen molar-refractivity contribution in [3.8, 4) is 5.75 Å². The lowest BCUT2D eigenvalue weighted by molar-refractivity contribution is -0.131. The van der Waals surface area contributed by atoms with Gasteiger partial charge in [0, 0.05) is 7.05 Å². The number of likely N-dealkylation sites (N-methyl/N-ethyl adjacent to an activating group) is 2. The van der Waals surface area contributed by atoms with Gasteiger partial charge in [-0.3, -0.25) is 4.79 Å². The number of hydrogen-bond acceptors (Lipinski definition) is 3. The third-order valence-corrected chi connectivity index (χ3v) is 3.07. The number of hydrogen-bond donors (Lipinski definition) is 1. The van der Waals surface area contributed by atoms with Crippen molar-refractivity contribution >= 4 is 5.91 Å². The molecule has 0 aliphatic heterocycles. The summed E-state index contributed by atoms with van der Waals surface area (Å²) in [6.07, 6.45) is 0. The predicted octanol–water partition coefficient (Wildman–Crippen LogP) is 1.75. The first-order chi connectivity index (χ1) is 8.93. The van der Waals surface area contributed by atoms with Crippen LogP contribution in [0.5, 0.6) is 5.75 Å². The second kappa shape index (κ2) is 7.14. The van der Waals surface area contributed by atoms with Gasteiger partial charge in [-0.15, -0.1) is 0 Å². The van der Waals surface area contributed by atoms with Crippen molar-refractivity contribution in [3.05, 3.63) is 29.3 Å². The van der Waals surface area contributed by atoms with Crippen LogP contribution in [0, 0.1) is 13.8 Å². The molecule has 0 fully saturated rings. The van der Waals surface area contributed by atoms with E-state index >= 15 is 0 Å². The van der Waals surface area contributed by atoms with Gasteiger partial charge in [0.2, 0.25) is 5.91 Å². The van der Waals surface area contributed by atoms with E-state index in [4.69, 9.17) is 4.74 Å². The maximum atomic E-state index is 11.8. The molecule has 0 saturated carbocycles. The summed E-state index contributed by atoms with van der Waals surface area (Å²) in [5.41, 5.74) is 2.37. The van der Waals surface area contributed by atoms with Crippen molar-refractivity contribution in [3.63, 3.8) is 0 Å². The number of rotatable bonds is 6. The molecule has 0 aliphatic carbocycles. The van der Waals surface area contributed by atoms with Crippen LogP contribution in [0.25, 0.3) is 0 Å². The van der Waals surface area contributed by atoms with Gasteiger partial charge in [0.15, 0.2) is 0 Å². The van der Waals surface area contributed by atoms with E-state index in [1.807, 2.05) is 32.9 Å². The molecule has 0 aliphatic rings. The van der Waals surface area contributed by atoms with E-state index in [1.165, 1.54) is 11.1 Å². The van der Waals surface area contributed by atoms with Crippen molar-refractivity contribution in [2.45, 2.75) is 26.8 Å². The Kier molecular flexibility index (Phi) is 5.83. The molecule has 19 heavy (non-hydrogen) atoms. The van der Waals surface area contributed by atoms with E-state index in [1.54, 1.807) is 19.0 Å². The number of aryl methyl sites for hydroxylation is 2. The first-order valence-electron chi connectivity index (χ1n) is 6.57. The summed E-state index contributed by atoms with van der Waals surface area (Å²) in [6.45, 7) is 7.03. The Morgan fingerprint density at radius 3 is 2.42 bits per heavy atom. The topological polar surface area (TPSA) is 41.6 Å². The average Bonchev–Trinajstić information content (AvgIpc) is 2.35. The standard InChI is InChI=1S/C15H24N2O2/c1-11-8-12(2)10-14(9-11)19-7-6-17(5)15(18)13(3)16-4/h8-10,13,16H,6-7H2,1-5H3. The van der Waals surface area contributed by atoms with E-state index in [0.717, 1.165) is 5.75 Å². The van der Waals surface area contributed by atoms with Crippen molar-refractivity contribution in [1.82, 2.24) is 10.2 Å². The van der Waals surface area contributed by atoms with Gasteiger partial charge in [0.25, 0.3) is 0 Å². The Morgan fingerprint density at radius 2 is 1.89 bits per heavy atom. The maximum Gasteiger partial charge on any atom is 0.239 e. The second-order valence-electron chi connectivity index (χ2n) is 4.94. The Bertz CT molecular complexity index is 412. The molecule has 0 bridgehead atoms. The summed E-state index contributed by atoms with van der Waals surface area (Å²) in [6, 6.07) is 5.96. The fourth-order valence-corrected chi connectivity index (χ4v) is 1.88. The van der Waals surface area contributed by atoms with Gasteiger partial charge >= 0.3 is 0 Å². The molecule has 4 nitrogen and oxygen atoms in total. The van der Waals surface area contributed by atoms with Crippen LogP contribution >= 0.6 is 0 Å². The molecule has 1 amide bonds. The fourth-order valence-electron chi connectivity index (χ4n) is 1.88. The van der Waals surface area contributed by atoms with E-state index < -0.39 is 0 Å². The van der Waals surface area contributed by atoms with Gasteiger partial charge in [-0.1, -0.05) is 6.07 Å². The number of benzene rings is 1. The molecule has 0 aromatic heterocycles. The molecule has 0 heterocycles. The van der Waals surface area contributed by atoms with Crippen molar-refractivity contribution in [1.29, 1.82) is 0 Å². The Morgan fingerprint density at radius 1 is 1.32 bits per heavy atom. The molecule has 1 atom stereocenters. The minimum atomic E-state index is -0.161. The quantitative estimate of drug-likeness (QED) is 0.851. The summed E-state index contributed by atoms with van der Waals surface area (Å²) in [5, 5.41) is 2.94. The molecule has 0 spiro atoms. The highest BCUT2D eigenvalue weighted by Gasteiger charge is 2.14. The molecule has 1 N–H and O–H groups in total. The van der Waals surface area contributed by atoms with Gasteiger partial charge in [-0.05, 0) is 51.1 Å². The van der Waals surface area contributed by atoms with Gasteiger partial charge in [0.1, 0.15) is 12.4 Å². The third-order valence-electron chi connectivity index (χ3n) is 3.07. The zero-order valence-electron chi connectivity index (χ0n) is 12.5. The second-order valence-corrected chi connectivity index (χ2v) is 4.94. The summed E-state index contributed by atoms with van der Waals surface area (Å²) >= 11 is 0. The molecule has 1 aromatic rings.